The van der Waals surface area contributed by atoms with Gasteiger partial charge in [0.1, 0.15) is 11.3 Å². The number of aromatic carboxylic acids is 1. The summed E-state index contributed by atoms with van der Waals surface area (Å²) in [4.78, 5) is 27.3. The summed E-state index contributed by atoms with van der Waals surface area (Å²) < 4.78 is 1.46. The van der Waals surface area contributed by atoms with Crippen molar-refractivity contribution >= 4 is 17.7 Å². The minimum atomic E-state index is -1.44. The van der Waals surface area contributed by atoms with Gasteiger partial charge in [-0.05, 0) is 36.6 Å². The molecule has 1 aromatic heterocycles. The molecule has 3 N–H and O–H groups in total. The fourth-order valence-corrected chi connectivity index (χ4v) is 5.84. The third-order valence-corrected chi connectivity index (χ3v) is 7.62. The Bertz CT molecular complexity index is 1290. The minimum absolute atomic E-state index is 0.0400. The Kier molecular flexibility index (Phi) is 5.63. The molecule has 0 bridgehead atoms. The number of fused-ring (bicyclic) bond motifs is 3. The molecule has 3 aromatic rings. The summed E-state index contributed by atoms with van der Waals surface area (Å²) in [6.45, 7) is 4.08. The highest BCUT2D eigenvalue weighted by Gasteiger charge is 2.40. The number of carbonyl (C=O) groups is 1. The molecule has 0 saturated heterocycles. The molecule has 176 valence electrons. The van der Waals surface area contributed by atoms with Crippen molar-refractivity contribution in [2.24, 2.45) is 0 Å². The van der Waals surface area contributed by atoms with Crippen LogP contribution in [0.15, 0.2) is 64.4 Å². The number of carboxylic acids is 1. The summed E-state index contributed by atoms with van der Waals surface area (Å²) >= 11 is 1.73. The molecule has 2 aliphatic rings. The van der Waals surface area contributed by atoms with Gasteiger partial charge in [-0.15, -0.1) is 11.8 Å². The first kappa shape index (κ1) is 22.5. The van der Waals surface area contributed by atoms with E-state index in [4.69, 9.17) is 0 Å². The zero-order chi connectivity index (χ0) is 24.1. The largest absolute Gasteiger partial charge is 0.503 e. The van der Waals surface area contributed by atoms with Crippen LogP contribution in [0.3, 0.4) is 0 Å². The van der Waals surface area contributed by atoms with E-state index in [2.05, 4.69) is 12.1 Å². The fourth-order valence-electron chi connectivity index (χ4n) is 4.74. The van der Waals surface area contributed by atoms with Gasteiger partial charge in [0.25, 0.3) is 0 Å². The Morgan fingerprint density at radius 3 is 2.47 bits per heavy atom. The van der Waals surface area contributed by atoms with Gasteiger partial charge in [-0.25, -0.2) is 4.79 Å². The first-order valence-corrected chi connectivity index (χ1v) is 12.0. The van der Waals surface area contributed by atoms with Gasteiger partial charge in [0.15, 0.2) is 12.0 Å². The zero-order valence-corrected chi connectivity index (χ0v) is 19.6. The SMILES string of the molecule is CC(C)N1CN(C2c3ccccc3CSc3ccccc32)n2cc(C(=O)O)c(=O)c(O)c2C1O. The summed E-state index contributed by atoms with van der Waals surface area (Å²) in [7, 11) is 0. The number of hydrogen-bond donors (Lipinski definition) is 3. The van der Waals surface area contributed by atoms with Crippen LogP contribution in [0.25, 0.3) is 0 Å². The molecule has 0 fully saturated rings. The minimum Gasteiger partial charge on any atom is -0.503 e. The van der Waals surface area contributed by atoms with Gasteiger partial charge >= 0.3 is 5.97 Å². The van der Waals surface area contributed by atoms with Crippen LogP contribution in [0.1, 0.15) is 58.9 Å². The van der Waals surface area contributed by atoms with Crippen LogP contribution in [0, 0.1) is 0 Å². The maximum atomic E-state index is 12.6. The van der Waals surface area contributed by atoms with Gasteiger partial charge in [-0.3, -0.25) is 19.4 Å². The Morgan fingerprint density at radius 1 is 1.09 bits per heavy atom. The van der Waals surface area contributed by atoms with Crippen LogP contribution >= 0.6 is 11.8 Å². The van der Waals surface area contributed by atoms with Crippen molar-refractivity contribution in [3.8, 4) is 5.75 Å². The molecular formula is C25H25N3O5S. The Labute approximate surface area is 200 Å². The van der Waals surface area contributed by atoms with Crippen LogP contribution < -0.4 is 10.4 Å². The monoisotopic (exact) mass is 479 g/mol. The molecule has 0 amide bonds. The maximum absolute atomic E-state index is 12.6. The lowest BCUT2D eigenvalue weighted by atomic mass is 9.94. The summed E-state index contributed by atoms with van der Waals surface area (Å²) in [5, 5.41) is 33.5. The molecule has 9 heteroatoms. The average Bonchev–Trinajstić information content (AvgIpc) is 2.98. The molecule has 0 spiro atoms. The number of benzene rings is 2. The number of aromatic hydroxyl groups is 1. The molecule has 2 aromatic carbocycles. The predicted molar refractivity (Wildman–Crippen MR) is 129 cm³/mol. The van der Waals surface area contributed by atoms with E-state index in [9.17, 15) is 24.9 Å². The second kappa shape index (κ2) is 8.50. The lowest BCUT2D eigenvalue weighted by Gasteiger charge is -2.48. The smallest absolute Gasteiger partial charge is 0.341 e. The van der Waals surface area contributed by atoms with Crippen molar-refractivity contribution in [2.75, 3.05) is 11.7 Å². The summed E-state index contributed by atoms with van der Waals surface area (Å²) in [6, 6.07) is 15.7. The molecule has 0 aliphatic carbocycles. The van der Waals surface area contributed by atoms with Crippen LogP contribution in [0.4, 0.5) is 0 Å². The standard InChI is InChI=1S/C25H25N3O5S/c1-14(2)26-13-28(27-11-18(25(32)33)22(29)23(30)21(27)24(26)31)20-16-8-4-3-7-15(16)12-34-19-10-6-5-9-17(19)20/h3-11,14,20,24,30-31H,12-13H2,1-2H3,(H,32,33). The van der Waals surface area contributed by atoms with Crippen molar-refractivity contribution in [1.29, 1.82) is 0 Å². The molecule has 5 rings (SSSR count). The van der Waals surface area contributed by atoms with Gasteiger partial charge in [-0.2, -0.15) is 0 Å². The Morgan fingerprint density at radius 2 is 1.76 bits per heavy atom. The molecule has 0 radical (unpaired) electrons. The molecular weight excluding hydrogens is 454 g/mol. The normalized spacial score (nSPS) is 19.8. The van der Waals surface area contributed by atoms with E-state index in [1.54, 1.807) is 16.7 Å². The van der Waals surface area contributed by atoms with Crippen LogP contribution in [-0.4, -0.2) is 43.6 Å². The zero-order valence-electron chi connectivity index (χ0n) is 18.8. The van der Waals surface area contributed by atoms with Crippen molar-refractivity contribution < 1.29 is 20.1 Å². The van der Waals surface area contributed by atoms with Gasteiger partial charge < -0.3 is 15.3 Å². The number of aliphatic hydroxyl groups is 1. The second-order valence-corrected chi connectivity index (χ2v) is 9.76. The van der Waals surface area contributed by atoms with Crippen LogP contribution in [0.5, 0.6) is 5.75 Å². The van der Waals surface area contributed by atoms with Crippen LogP contribution in [-0.2, 0) is 5.75 Å². The summed E-state index contributed by atoms with van der Waals surface area (Å²) in [6.07, 6.45) is -0.0680. The van der Waals surface area contributed by atoms with E-state index in [1.807, 2.05) is 55.3 Å². The number of rotatable bonds is 3. The Balaban J connectivity index is 1.82. The van der Waals surface area contributed by atoms with Crippen LogP contribution in [0.2, 0.25) is 0 Å². The molecule has 0 saturated carbocycles. The highest BCUT2D eigenvalue weighted by atomic mass is 32.2. The van der Waals surface area contributed by atoms with E-state index < -0.39 is 28.9 Å². The third-order valence-electron chi connectivity index (χ3n) is 6.48. The number of hydrogen-bond acceptors (Lipinski definition) is 7. The first-order chi connectivity index (χ1) is 16.3. The number of pyridine rings is 1. The Hall–Kier alpha value is -3.27. The molecule has 2 unspecified atom stereocenters. The highest BCUT2D eigenvalue weighted by Crippen LogP contribution is 2.44. The average molecular weight is 480 g/mol. The third kappa shape index (κ3) is 3.48. The van der Waals surface area contributed by atoms with E-state index >= 15 is 0 Å². The van der Waals surface area contributed by atoms with Gasteiger partial charge in [0.05, 0.1) is 12.7 Å². The summed E-state index contributed by atoms with van der Waals surface area (Å²) in [5.41, 5.74) is 1.60. The fraction of sp³-hybridized carbons (Fsp3) is 0.280. The second-order valence-electron chi connectivity index (χ2n) is 8.75. The van der Waals surface area contributed by atoms with Gasteiger partial charge in [0, 0.05) is 22.9 Å². The maximum Gasteiger partial charge on any atom is 0.341 e. The van der Waals surface area contributed by atoms with E-state index in [0.717, 1.165) is 27.3 Å². The molecule has 3 heterocycles. The van der Waals surface area contributed by atoms with Gasteiger partial charge in [-0.1, -0.05) is 42.5 Å². The number of carboxylic acid groups (broad SMARTS) is 1. The quantitative estimate of drug-likeness (QED) is 0.526. The van der Waals surface area contributed by atoms with Crippen molar-refractivity contribution in [3.05, 3.63) is 92.9 Å². The topological polar surface area (TPSA) is 106 Å². The van der Waals surface area contributed by atoms with E-state index in [-0.39, 0.29) is 24.4 Å². The predicted octanol–water partition coefficient (Wildman–Crippen LogP) is 3.26. The number of nitrogens with zero attached hydrogens (tertiary/aromatic N) is 3. The van der Waals surface area contributed by atoms with E-state index in [1.165, 1.54) is 10.9 Å². The number of aliphatic hydroxyl groups excluding tert-OH is 1. The number of aromatic nitrogens is 1. The molecule has 34 heavy (non-hydrogen) atoms. The number of thioether (sulfide) groups is 1. The van der Waals surface area contributed by atoms with Crippen molar-refractivity contribution in [3.63, 3.8) is 0 Å². The summed E-state index contributed by atoms with van der Waals surface area (Å²) in [5.74, 6) is -1.42. The molecule has 2 aliphatic heterocycles. The molecule has 2 atom stereocenters. The van der Waals surface area contributed by atoms with Gasteiger partial charge in [0.2, 0.25) is 5.43 Å². The molecule has 8 nitrogen and oxygen atoms in total. The highest BCUT2D eigenvalue weighted by molar-refractivity contribution is 7.98. The lowest BCUT2D eigenvalue weighted by molar-refractivity contribution is -0.0471. The van der Waals surface area contributed by atoms with Crippen molar-refractivity contribution in [1.82, 2.24) is 9.58 Å². The van der Waals surface area contributed by atoms with Crippen molar-refractivity contribution in [2.45, 2.75) is 42.8 Å². The van der Waals surface area contributed by atoms with E-state index in [0.29, 0.717) is 0 Å². The first-order valence-electron chi connectivity index (χ1n) is 11.0. The lowest BCUT2D eigenvalue weighted by Crippen LogP contribution is -2.56.